The van der Waals surface area contributed by atoms with Gasteiger partial charge in [-0.05, 0) is 45.3 Å². The van der Waals surface area contributed by atoms with Crippen molar-refractivity contribution in [3.8, 4) is 5.82 Å². The van der Waals surface area contributed by atoms with Gasteiger partial charge in [0, 0.05) is 12.5 Å². The van der Waals surface area contributed by atoms with Crippen LogP contribution in [0.15, 0.2) is 32.4 Å². The van der Waals surface area contributed by atoms with Gasteiger partial charge in [0.1, 0.15) is 5.82 Å². The molecule has 0 fully saturated rings. The van der Waals surface area contributed by atoms with Crippen molar-refractivity contribution < 1.29 is 18.6 Å². The van der Waals surface area contributed by atoms with Crippen LogP contribution in [0.25, 0.3) is 5.82 Å². The highest BCUT2D eigenvalue weighted by Gasteiger charge is 2.36. The molecule has 0 aliphatic carbocycles. The van der Waals surface area contributed by atoms with E-state index in [0.717, 1.165) is 5.01 Å². The highest BCUT2D eigenvalue weighted by molar-refractivity contribution is 9.10. The molecule has 1 amide bonds. The highest BCUT2D eigenvalue weighted by atomic mass is 79.9. The van der Waals surface area contributed by atoms with E-state index < -0.39 is 12.0 Å². The van der Waals surface area contributed by atoms with Gasteiger partial charge in [-0.15, -0.1) is 10.2 Å². The second-order valence-electron chi connectivity index (χ2n) is 5.82. The fourth-order valence-electron chi connectivity index (χ4n) is 2.61. The van der Waals surface area contributed by atoms with Crippen molar-refractivity contribution in [1.82, 2.24) is 30.3 Å². The molecule has 1 aliphatic heterocycles. The Morgan fingerprint density at radius 1 is 1.36 bits per heavy atom. The van der Waals surface area contributed by atoms with E-state index in [2.05, 4.69) is 46.3 Å². The van der Waals surface area contributed by atoms with Crippen molar-refractivity contribution >= 4 is 33.6 Å². The second-order valence-corrected chi connectivity index (χ2v) is 6.68. The van der Waals surface area contributed by atoms with Crippen LogP contribution in [0, 0.1) is 12.7 Å². The Bertz CT molecular complexity index is 1110. The topological polar surface area (TPSA) is 138 Å². The molecule has 0 spiro atoms. The van der Waals surface area contributed by atoms with E-state index in [4.69, 9.17) is 10.5 Å². The summed E-state index contributed by atoms with van der Waals surface area (Å²) in [5, 5.41) is 20.5. The first-order chi connectivity index (χ1) is 13.4. The smallest absolute Gasteiger partial charge is 0.263 e. The zero-order valence-corrected chi connectivity index (χ0v) is 16.1. The number of aromatic nitrogens is 5. The Morgan fingerprint density at radius 3 is 2.79 bits per heavy atom. The summed E-state index contributed by atoms with van der Waals surface area (Å²) in [5.74, 6) is -0.532. The minimum atomic E-state index is -0.882. The molecule has 0 radical (unpaired) electrons. The first-order valence-electron chi connectivity index (χ1n) is 7.88. The quantitative estimate of drug-likeness (QED) is 0.635. The average molecular weight is 451 g/mol. The van der Waals surface area contributed by atoms with Gasteiger partial charge in [0.05, 0.1) is 10.2 Å². The van der Waals surface area contributed by atoms with Gasteiger partial charge < -0.3 is 10.5 Å². The molecule has 2 N–H and O–H groups in total. The van der Waals surface area contributed by atoms with Crippen molar-refractivity contribution in [3.63, 3.8) is 0 Å². The number of rotatable bonds is 3. The molecule has 3 aromatic rings. The van der Waals surface area contributed by atoms with Crippen LogP contribution in [-0.2, 0) is 9.53 Å². The molecule has 0 saturated heterocycles. The molecule has 1 aliphatic rings. The maximum atomic E-state index is 13.6. The van der Waals surface area contributed by atoms with Crippen molar-refractivity contribution in [2.24, 2.45) is 5.10 Å². The monoisotopic (exact) mass is 450 g/mol. The van der Waals surface area contributed by atoms with Gasteiger partial charge in [0.2, 0.25) is 23.8 Å². The minimum absolute atomic E-state index is 0.0354. The fourth-order valence-corrected chi connectivity index (χ4v) is 3.01. The number of amides is 1. The number of halogens is 2. The summed E-state index contributed by atoms with van der Waals surface area (Å²) in [6, 6.07) is 4.28. The Kier molecular flexibility index (Phi) is 4.30. The van der Waals surface area contributed by atoms with Crippen LogP contribution >= 0.6 is 15.9 Å². The zero-order valence-electron chi connectivity index (χ0n) is 14.5. The van der Waals surface area contributed by atoms with Gasteiger partial charge in [0.15, 0.2) is 5.69 Å². The van der Waals surface area contributed by atoms with Gasteiger partial charge in [0.25, 0.3) is 5.90 Å². The van der Waals surface area contributed by atoms with Gasteiger partial charge in [-0.25, -0.2) is 9.02 Å². The molecule has 2 aromatic heterocycles. The number of hydrogen-bond acceptors (Lipinski definition) is 9. The van der Waals surface area contributed by atoms with Crippen LogP contribution in [0.2, 0.25) is 0 Å². The average Bonchev–Trinajstić information content (AvgIpc) is 3.35. The molecule has 28 heavy (non-hydrogen) atoms. The van der Waals surface area contributed by atoms with E-state index in [0.29, 0.717) is 11.3 Å². The molecule has 144 valence electrons. The normalized spacial score (nSPS) is 16.2. The van der Waals surface area contributed by atoms with E-state index in [9.17, 15) is 9.18 Å². The van der Waals surface area contributed by atoms with Gasteiger partial charge in [-0.3, -0.25) is 4.79 Å². The zero-order chi connectivity index (χ0) is 20.0. The molecule has 1 unspecified atom stereocenters. The largest absolute Gasteiger partial charge is 0.444 e. The fraction of sp³-hybridized carbons (Fsp3) is 0.200. The number of hydrazone groups is 1. The Balaban J connectivity index is 1.71. The molecule has 1 atom stereocenters. The SMILES string of the molecule is CC(=O)N1N=C(c2nnn(-c3nonc3N)c2C)OC1c1ccc(F)c(Br)c1. The Hall–Kier alpha value is -3.35. The van der Waals surface area contributed by atoms with Crippen LogP contribution in [-0.4, -0.2) is 42.1 Å². The molecule has 11 nitrogen and oxygen atoms in total. The van der Waals surface area contributed by atoms with E-state index >= 15 is 0 Å². The number of ether oxygens (including phenoxy) is 1. The van der Waals surface area contributed by atoms with E-state index in [1.54, 1.807) is 6.92 Å². The van der Waals surface area contributed by atoms with Crippen molar-refractivity contribution in [3.05, 3.63) is 45.4 Å². The Morgan fingerprint density at radius 2 is 2.14 bits per heavy atom. The summed E-state index contributed by atoms with van der Waals surface area (Å²) < 4.78 is 25.5. The summed E-state index contributed by atoms with van der Waals surface area (Å²) in [4.78, 5) is 12.0. The van der Waals surface area contributed by atoms with Gasteiger partial charge in [-0.1, -0.05) is 11.3 Å². The lowest BCUT2D eigenvalue weighted by Crippen LogP contribution is -2.25. The predicted octanol–water partition coefficient (Wildman–Crippen LogP) is 1.68. The van der Waals surface area contributed by atoms with Crippen LogP contribution < -0.4 is 5.73 Å². The molecule has 4 rings (SSSR count). The van der Waals surface area contributed by atoms with E-state index in [-0.39, 0.29) is 33.6 Å². The number of nitrogens with two attached hydrogens (primary N) is 1. The molecular weight excluding hydrogens is 439 g/mol. The number of carbonyl (C=O) groups excluding carboxylic acids is 1. The number of nitrogen functional groups attached to an aromatic ring is 1. The summed E-state index contributed by atoms with van der Waals surface area (Å²) in [5.41, 5.74) is 6.98. The number of anilines is 1. The lowest BCUT2D eigenvalue weighted by atomic mass is 10.2. The number of carbonyl (C=O) groups is 1. The molecule has 3 heterocycles. The third-order valence-electron chi connectivity index (χ3n) is 3.99. The molecular formula is C15H12BrFN8O3. The minimum Gasteiger partial charge on any atom is -0.444 e. The molecule has 1 aromatic carbocycles. The lowest BCUT2D eigenvalue weighted by Gasteiger charge is -2.19. The van der Waals surface area contributed by atoms with E-state index in [1.165, 1.54) is 29.8 Å². The van der Waals surface area contributed by atoms with Crippen LogP contribution in [0.4, 0.5) is 10.2 Å². The summed E-state index contributed by atoms with van der Waals surface area (Å²) in [6.07, 6.45) is -0.882. The summed E-state index contributed by atoms with van der Waals surface area (Å²) in [7, 11) is 0. The van der Waals surface area contributed by atoms with Gasteiger partial charge >= 0.3 is 0 Å². The first-order valence-corrected chi connectivity index (χ1v) is 8.67. The number of benzene rings is 1. The second kappa shape index (κ2) is 6.67. The first kappa shape index (κ1) is 18.0. The molecule has 0 bridgehead atoms. The van der Waals surface area contributed by atoms with Crippen LogP contribution in [0.5, 0.6) is 0 Å². The van der Waals surface area contributed by atoms with Crippen LogP contribution in [0.3, 0.4) is 0 Å². The third-order valence-corrected chi connectivity index (χ3v) is 4.60. The molecule has 13 heteroatoms. The van der Waals surface area contributed by atoms with E-state index in [1.807, 2.05) is 0 Å². The van der Waals surface area contributed by atoms with Crippen molar-refractivity contribution in [1.29, 1.82) is 0 Å². The van der Waals surface area contributed by atoms with Crippen molar-refractivity contribution in [2.75, 3.05) is 5.73 Å². The number of hydrogen-bond donors (Lipinski definition) is 1. The highest BCUT2D eigenvalue weighted by Crippen LogP contribution is 2.32. The summed E-state index contributed by atoms with van der Waals surface area (Å²) >= 11 is 3.12. The predicted molar refractivity (Wildman–Crippen MR) is 95.3 cm³/mol. The van der Waals surface area contributed by atoms with Crippen molar-refractivity contribution in [2.45, 2.75) is 20.1 Å². The summed E-state index contributed by atoms with van der Waals surface area (Å²) in [6.45, 7) is 3.03. The van der Waals surface area contributed by atoms with Gasteiger partial charge in [-0.2, -0.15) is 9.69 Å². The number of nitrogens with zero attached hydrogens (tertiary/aromatic N) is 7. The van der Waals surface area contributed by atoms with Crippen LogP contribution in [0.1, 0.15) is 30.1 Å². The third kappa shape index (κ3) is 2.89. The maximum Gasteiger partial charge on any atom is 0.263 e. The lowest BCUT2D eigenvalue weighted by molar-refractivity contribution is -0.135. The standard InChI is InChI=1S/C15H12BrFN8O3/c1-6-11(19-23-24(6)13-12(18)21-28-22-13)14-20-25(7(2)26)15(27-14)8-3-4-10(17)9(16)5-8/h3-5,15H,1-2H3,(H2,18,21). The maximum absolute atomic E-state index is 13.6. The Labute approximate surface area is 165 Å². The molecule has 0 saturated carbocycles.